The number of halogens is 1. The highest BCUT2D eigenvalue weighted by Crippen LogP contribution is 2.32. The Morgan fingerprint density at radius 3 is 2.46 bits per heavy atom. The molecular formula is C22H25FN2O. The van der Waals surface area contributed by atoms with Crippen molar-refractivity contribution in [2.24, 2.45) is 11.8 Å². The molecule has 1 aliphatic heterocycles. The van der Waals surface area contributed by atoms with Gasteiger partial charge in [-0.2, -0.15) is 0 Å². The molecule has 2 fully saturated rings. The predicted molar refractivity (Wildman–Crippen MR) is 102 cm³/mol. The number of nitrogens with two attached hydrogens (primary N) is 1. The van der Waals surface area contributed by atoms with Crippen molar-refractivity contribution >= 4 is 11.5 Å². The minimum atomic E-state index is -0.380. The summed E-state index contributed by atoms with van der Waals surface area (Å²) >= 11 is 0. The maximum Gasteiger partial charge on any atom is 0.167 e. The molecule has 4 rings (SSSR count). The zero-order valence-corrected chi connectivity index (χ0v) is 15.0. The molecule has 1 saturated heterocycles. The van der Waals surface area contributed by atoms with E-state index in [0.717, 1.165) is 18.3 Å². The highest BCUT2D eigenvalue weighted by molar-refractivity contribution is 5.98. The van der Waals surface area contributed by atoms with Crippen LogP contribution in [0.5, 0.6) is 0 Å². The van der Waals surface area contributed by atoms with E-state index in [4.69, 9.17) is 5.73 Å². The Balaban J connectivity index is 1.30. The van der Waals surface area contributed by atoms with E-state index in [-0.39, 0.29) is 18.0 Å². The van der Waals surface area contributed by atoms with Crippen LogP contribution in [-0.2, 0) is 12.8 Å². The van der Waals surface area contributed by atoms with Crippen LogP contribution in [0.4, 0.5) is 10.1 Å². The van der Waals surface area contributed by atoms with Crippen LogP contribution in [0.3, 0.4) is 0 Å². The molecule has 3 nitrogen and oxygen atoms in total. The third-order valence-corrected chi connectivity index (χ3v) is 5.51. The van der Waals surface area contributed by atoms with Gasteiger partial charge in [-0.05, 0) is 54.4 Å². The fourth-order valence-corrected chi connectivity index (χ4v) is 3.78. The van der Waals surface area contributed by atoms with Crippen molar-refractivity contribution in [1.29, 1.82) is 0 Å². The van der Waals surface area contributed by atoms with E-state index < -0.39 is 0 Å². The van der Waals surface area contributed by atoms with Crippen molar-refractivity contribution in [2.75, 3.05) is 25.4 Å². The molecule has 0 spiro atoms. The standard InChI is InChI=1S/C22H25FN2O/c23-20-8-7-19(21(24)11-20)10-22(26)18-5-3-15(4-6-18)9-17-13-25(14-17)12-16-1-2-16/h3-8,11,16-17H,1-2,9-10,12-14,24H2. The molecule has 0 bridgehead atoms. The molecule has 0 atom stereocenters. The quantitative estimate of drug-likeness (QED) is 0.610. The highest BCUT2D eigenvalue weighted by Gasteiger charge is 2.31. The number of carbonyl (C=O) groups is 1. The Kier molecular flexibility index (Phi) is 4.77. The van der Waals surface area contributed by atoms with Crippen LogP contribution >= 0.6 is 0 Å². The van der Waals surface area contributed by atoms with Gasteiger partial charge in [-0.15, -0.1) is 0 Å². The molecule has 1 aliphatic carbocycles. The molecule has 0 amide bonds. The molecule has 26 heavy (non-hydrogen) atoms. The third kappa shape index (κ3) is 4.13. The lowest BCUT2D eigenvalue weighted by Crippen LogP contribution is -2.48. The van der Waals surface area contributed by atoms with Crippen LogP contribution in [0.1, 0.15) is 34.3 Å². The number of carbonyl (C=O) groups excluding carboxylic acids is 1. The molecule has 2 aromatic rings. The van der Waals surface area contributed by atoms with Crippen LogP contribution in [0, 0.1) is 17.7 Å². The second-order valence-electron chi connectivity index (χ2n) is 7.87. The topological polar surface area (TPSA) is 46.3 Å². The van der Waals surface area contributed by atoms with Gasteiger partial charge in [0, 0.05) is 37.3 Å². The fourth-order valence-electron chi connectivity index (χ4n) is 3.78. The van der Waals surface area contributed by atoms with Gasteiger partial charge in [0.25, 0.3) is 0 Å². The number of hydrogen-bond acceptors (Lipinski definition) is 3. The number of ketones is 1. The Morgan fingerprint density at radius 2 is 1.81 bits per heavy atom. The second-order valence-corrected chi connectivity index (χ2v) is 7.87. The van der Waals surface area contributed by atoms with Crippen LogP contribution in [0.15, 0.2) is 42.5 Å². The molecule has 1 heterocycles. The Morgan fingerprint density at radius 1 is 1.08 bits per heavy atom. The minimum Gasteiger partial charge on any atom is -0.398 e. The summed E-state index contributed by atoms with van der Waals surface area (Å²) in [6, 6.07) is 12.1. The number of anilines is 1. The Bertz CT molecular complexity index is 792. The van der Waals surface area contributed by atoms with Crippen molar-refractivity contribution in [3.05, 3.63) is 65.0 Å². The molecule has 0 radical (unpaired) electrons. The van der Waals surface area contributed by atoms with E-state index in [9.17, 15) is 9.18 Å². The molecular weight excluding hydrogens is 327 g/mol. The third-order valence-electron chi connectivity index (χ3n) is 5.51. The average molecular weight is 352 g/mol. The number of benzene rings is 2. The summed E-state index contributed by atoms with van der Waals surface area (Å²) in [5.74, 6) is 1.34. The zero-order chi connectivity index (χ0) is 18.1. The van der Waals surface area contributed by atoms with Gasteiger partial charge in [-0.3, -0.25) is 4.79 Å². The van der Waals surface area contributed by atoms with E-state index in [1.807, 2.05) is 12.1 Å². The van der Waals surface area contributed by atoms with Gasteiger partial charge in [0.1, 0.15) is 5.82 Å². The van der Waals surface area contributed by atoms with Gasteiger partial charge >= 0.3 is 0 Å². The molecule has 136 valence electrons. The second kappa shape index (κ2) is 7.20. The summed E-state index contributed by atoms with van der Waals surface area (Å²) < 4.78 is 13.1. The molecule has 0 aromatic heterocycles. The summed E-state index contributed by atoms with van der Waals surface area (Å²) in [5, 5.41) is 0. The first-order valence-electron chi connectivity index (χ1n) is 9.45. The van der Waals surface area contributed by atoms with E-state index in [2.05, 4.69) is 17.0 Å². The van der Waals surface area contributed by atoms with Crippen LogP contribution in [-0.4, -0.2) is 30.3 Å². The summed E-state index contributed by atoms with van der Waals surface area (Å²) in [7, 11) is 0. The molecule has 2 aliphatic rings. The van der Waals surface area contributed by atoms with Crippen LogP contribution < -0.4 is 5.73 Å². The van der Waals surface area contributed by atoms with Crippen LogP contribution in [0.25, 0.3) is 0 Å². The summed E-state index contributed by atoms with van der Waals surface area (Å²) in [6.07, 6.45) is 4.12. The normalized spacial score (nSPS) is 17.9. The maximum atomic E-state index is 13.1. The van der Waals surface area contributed by atoms with Crippen molar-refractivity contribution in [1.82, 2.24) is 4.90 Å². The van der Waals surface area contributed by atoms with Gasteiger partial charge in [-0.25, -0.2) is 4.39 Å². The number of hydrogen-bond donors (Lipinski definition) is 1. The first-order valence-corrected chi connectivity index (χ1v) is 9.45. The Hall–Kier alpha value is -2.20. The first kappa shape index (κ1) is 17.2. The lowest BCUT2D eigenvalue weighted by molar-refractivity contribution is 0.0953. The molecule has 0 unspecified atom stereocenters. The average Bonchev–Trinajstić information content (AvgIpc) is 3.40. The summed E-state index contributed by atoms with van der Waals surface area (Å²) in [4.78, 5) is 15.0. The monoisotopic (exact) mass is 352 g/mol. The van der Waals surface area contributed by atoms with Gasteiger partial charge < -0.3 is 10.6 Å². The van der Waals surface area contributed by atoms with E-state index in [0.29, 0.717) is 16.8 Å². The highest BCUT2D eigenvalue weighted by atomic mass is 19.1. The van der Waals surface area contributed by atoms with Crippen LogP contribution in [0.2, 0.25) is 0 Å². The van der Waals surface area contributed by atoms with E-state index in [1.54, 1.807) is 6.07 Å². The van der Waals surface area contributed by atoms with Gasteiger partial charge in [0.15, 0.2) is 5.78 Å². The first-order chi connectivity index (χ1) is 12.6. The van der Waals surface area contributed by atoms with E-state index >= 15 is 0 Å². The fraction of sp³-hybridized carbons (Fsp3) is 0.409. The zero-order valence-electron chi connectivity index (χ0n) is 15.0. The molecule has 4 heteroatoms. The predicted octanol–water partition coefficient (Wildman–Crippen LogP) is 3.72. The minimum absolute atomic E-state index is 0.00844. The largest absolute Gasteiger partial charge is 0.398 e. The SMILES string of the molecule is Nc1cc(F)ccc1CC(=O)c1ccc(CC2CN(CC3CC3)C2)cc1. The number of nitrogen functional groups attached to an aromatic ring is 1. The number of rotatable bonds is 7. The van der Waals surface area contributed by atoms with Gasteiger partial charge in [0.2, 0.25) is 0 Å². The number of likely N-dealkylation sites (tertiary alicyclic amines) is 1. The Labute approximate surface area is 154 Å². The molecule has 1 saturated carbocycles. The summed E-state index contributed by atoms with van der Waals surface area (Å²) in [5.41, 5.74) is 8.77. The van der Waals surface area contributed by atoms with Crippen molar-refractivity contribution in [3.8, 4) is 0 Å². The van der Waals surface area contributed by atoms with Gasteiger partial charge in [0.05, 0.1) is 0 Å². The molecule has 2 aromatic carbocycles. The summed E-state index contributed by atoms with van der Waals surface area (Å²) in [6.45, 7) is 3.71. The smallest absolute Gasteiger partial charge is 0.167 e. The van der Waals surface area contributed by atoms with Gasteiger partial charge in [-0.1, -0.05) is 30.3 Å². The van der Waals surface area contributed by atoms with E-state index in [1.165, 1.54) is 50.2 Å². The number of nitrogens with zero attached hydrogens (tertiary/aromatic N) is 1. The maximum absolute atomic E-state index is 13.1. The lowest BCUT2D eigenvalue weighted by Gasteiger charge is -2.39. The van der Waals surface area contributed by atoms with Crippen molar-refractivity contribution < 1.29 is 9.18 Å². The molecule has 2 N–H and O–H groups in total. The van der Waals surface area contributed by atoms with Crippen molar-refractivity contribution in [2.45, 2.75) is 25.7 Å². The lowest BCUT2D eigenvalue weighted by atomic mass is 9.91. The number of Topliss-reactive ketones (excluding diaryl/α,β-unsaturated/α-hetero) is 1. The van der Waals surface area contributed by atoms with Crippen molar-refractivity contribution in [3.63, 3.8) is 0 Å².